The molecule has 162 valence electrons. The summed E-state index contributed by atoms with van der Waals surface area (Å²) in [5.41, 5.74) is 2.68. The van der Waals surface area contributed by atoms with Crippen molar-refractivity contribution in [2.75, 3.05) is 31.6 Å². The molecule has 1 aromatic heterocycles. The maximum absolute atomic E-state index is 12.6. The van der Waals surface area contributed by atoms with Gasteiger partial charge in [-0.1, -0.05) is 23.2 Å². The molecule has 0 radical (unpaired) electrons. The van der Waals surface area contributed by atoms with Crippen molar-refractivity contribution < 1.29 is 9.53 Å². The van der Waals surface area contributed by atoms with Crippen molar-refractivity contribution in [1.29, 1.82) is 0 Å². The summed E-state index contributed by atoms with van der Waals surface area (Å²) in [6, 6.07) is 12.3. The second-order valence-corrected chi connectivity index (χ2v) is 8.38. The summed E-state index contributed by atoms with van der Waals surface area (Å²) in [7, 11) is 1.83. The Balaban J connectivity index is 1.57. The first-order chi connectivity index (χ1) is 15.0. The summed E-state index contributed by atoms with van der Waals surface area (Å²) in [4.78, 5) is 15.0. The molecule has 1 aliphatic heterocycles. The highest BCUT2D eigenvalue weighted by molar-refractivity contribution is 6.33. The predicted octanol–water partition coefficient (Wildman–Crippen LogP) is 5.12. The van der Waals surface area contributed by atoms with Crippen LogP contribution in [0, 0.1) is 0 Å². The molecule has 8 heteroatoms. The van der Waals surface area contributed by atoms with Gasteiger partial charge in [-0.15, -0.1) is 0 Å². The number of ether oxygens (including phenoxy) is 1. The number of amides is 1. The van der Waals surface area contributed by atoms with E-state index in [2.05, 4.69) is 15.3 Å². The Morgan fingerprint density at radius 3 is 2.55 bits per heavy atom. The van der Waals surface area contributed by atoms with Gasteiger partial charge in [-0.25, -0.2) is 0 Å². The van der Waals surface area contributed by atoms with E-state index in [-0.39, 0.29) is 5.91 Å². The molecule has 1 N–H and O–H groups in total. The Hall–Kier alpha value is -2.54. The van der Waals surface area contributed by atoms with Crippen LogP contribution >= 0.6 is 23.2 Å². The quantitative estimate of drug-likeness (QED) is 0.533. The first kappa shape index (κ1) is 21.7. The number of hydrogen-bond donors (Lipinski definition) is 1. The van der Waals surface area contributed by atoms with E-state index in [1.807, 2.05) is 25.2 Å². The summed E-state index contributed by atoms with van der Waals surface area (Å²) in [5.74, 6) is 0.482. The molecule has 1 aliphatic rings. The largest absolute Gasteiger partial charge is 0.492 e. The monoisotopic (exact) mass is 458 g/mol. The summed E-state index contributed by atoms with van der Waals surface area (Å²) in [5, 5.41) is 8.28. The van der Waals surface area contributed by atoms with Gasteiger partial charge in [0.15, 0.2) is 0 Å². The van der Waals surface area contributed by atoms with E-state index in [0.717, 1.165) is 30.9 Å². The number of nitrogens with zero attached hydrogens (tertiary/aromatic N) is 3. The third-order valence-electron chi connectivity index (χ3n) is 5.36. The number of benzene rings is 2. The number of aromatic nitrogens is 2. The molecule has 1 saturated heterocycles. The summed E-state index contributed by atoms with van der Waals surface area (Å²) in [6.45, 7) is 3.71. The van der Waals surface area contributed by atoms with Crippen LogP contribution in [0.1, 0.15) is 23.2 Å². The molecule has 3 aromatic rings. The standard InChI is InChI=1S/C23H24Cl2N4O2/c1-28-22(20(25)15-26-28)19-14-18(27-23(30)16-4-6-17(24)7-5-16)8-9-21(19)31-13-12-29-10-2-3-11-29/h4-9,14-15H,2-3,10-13H2,1H3,(H,27,30). The van der Waals surface area contributed by atoms with Crippen molar-refractivity contribution in [3.05, 3.63) is 64.3 Å². The van der Waals surface area contributed by atoms with Gasteiger partial charge in [0.1, 0.15) is 12.4 Å². The van der Waals surface area contributed by atoms with Gasteiger partial charge >= 0.3 is 0 Å². The van der Waals surface area contributed by atoms with Crippen molar-refractivity contribution in [1.82, 2.24) is 14.7 Å². The Morgan fingerprint density at radius 2 is 1.87 bits per heavy atom. The molecule has 0 saturated carbocycles. The van der Waals surface area contributed by atoms with Crippen LogP contribution in [0.5, 0.6) is 5.75 Å². The molecule has 1 amide bonds. The molecular formula is C23H24Cl2N4O2. The highest BCUT2D eigenvalue weighted by atomic mass is 35.5. The fraction of sp³-hybridized carbons (Fsp3) is 0.304. The molecule has 0 atom stereocenters. The Bertz CT molecular complexity index is 1040. The van der Waals surface area contributed by atoms with Crippen LogP contribution in [0.15, 0.2) is 48.7 Å². The second kappa shape index (κ2) is 9.73. The maximum atomic E-state index is 12.6. The molecule has 0 spiro atoms. The lowest BCUT2D eigenvalue weighted by molar-refractivity contribution is 0.102. The molecule has 0 aliphatic carbocycles. The molecule has 2 heterocycles. The SMILES string of the molecule is Cn1ncc(Cl)c1-c1cc(NC(=O)c2ccc(Cl)cc2)ccc1OCCN1CCCC1. The number of halogens is 2. The van der Waals surface area contributed by atoms with E-state index in [1.165, 1.54) is 12.8 Å². The number of hydrogen-bond acceptors (Lipinski definition) is 4. The second-order valence-electron chi connectivity index (χ2n) is 7.53. The van der Waals surface area contributed by atoms with Crippen molar-refractivity contribution >= 4 is 34.8 Å². The van der Waals surface area contributed by atoms with Crippen LogP contribution in [-0.2, 0) is 7.05 Å². The van der Waals surface area contributed by atoms with E-state index in [1.54, 1.807) is 35.1 Å². The third kappa shape index (κ3) is 5.21. The zero-order valence-electron chi connectivity index (χ0n) is 17.3. The van der Waals surface area contributed by atoms with Crippen LogP contribution in [0.25, 0.3) is 11.3 Å². The zero-order chi connectivity index (χ0) is 21.8. The lowest BCUT2D eigenvalue weighted by Crippen LogP contribution is -2.25. The molecule has 0 bridgehead atoms. The Morgan fingerprint density at radius 1 is 1.13 bits per heavy atom. The van der Waals surface area contributed by atoms with E-state index in [9.17, 15) is 4.79 Å². The first-order valence-electron chi connectivity index (χ1n) is 10.3. The minimum atomic E-state index is -0.221. The number of anilines is 1. The summed E-state index contributed by atoms with van der Waals surface area (Å²) >= 11 is 12.3. The Kier molecular flexibility index (Phi) is 6.80. The van der Waals surface area contributed by atoms with Crippen LogP contribution in [0.4, 0.5) is 5.69 Å². The Labute approximate surface area is 191 Å². The van der Waals surface area contributed by atoms with E-state index < -0.39 is 0 Å². The van der Waals surface area contributed by atoms with Crippen LogP contribution in [0.3, 0.4) is 0 Å². The van der Waals surface area contributed by atoms with Gasteiger partial charge in [-0.3, -0.25) is 14.4 Å². The average Bonchev–Trinajstić information content (AvgIpc) is 3.39. The van der Waals surface area contributed by atoms with Gasteiger partial charge in [0.2, 0.25) is 0 Å². The van der Waals surface area contributed by atoms with E-state index in [4.69, 9.17) is 27.9 Å². The van der Waals surface area contributed by atoms with Crippen LogP contribution in [0.2, 0.25) is 10.0 Å². The topological polar surface area (TPSA) is 59.4 Å². The molecule has 1 fully saturated rings. The first-order valence-corrected chi connectivity index (χ1v) is 11.0. The summed E-state index contributed by atoms with van der Waals surface area (Å²) in [6.07, 6.45) is 4.10. The minimum Gasteiger partial charge on any atom is -0.492 e. The predicted molar refractivity (Wildman–Crippen MR) is 124 cm³/mol. The third-order valence-corrected chi connectivity index (χ3v) is 5.89. The molecule has 2 aromatic carbocycles. The molecule has 31 heavy (non-hydrogen) atoms. The van der Waals surface area contributed by atoms with Gasteiger partial charge in [0, 0.05) is 35.4 Å². The average molecular weight is 459 g/mol. The number of rotatable bonds is 7. The van der Waals surface area contributed by atoms with Crippen molar-refractivity contribution in [3.8, 4) is 17.0 Å². The number of carbonyl (C=O) groups is 1. The fourth-order valence-corrected chi connectivity index (χ4v) is 4.12. The fourth-order valence-electron chi connectivity index (χ4n) is 3.73. The summed E-state index contributed by atoms with van der Waals surface area (Å²) < 4.78 is 7.83. The molecule has 6 nitrogen and oxygen atoms in total. The van der Waals surface area contributed by atoms with Crippen molar-refractivity contribution in [3.63, 3.8) is 0 Å². The number of carbonyl (C=O) groups excluding carboxylic acids is 1. The van der Waals surface area contributed by atoms with Crippen molar-refractivity contribution in [2.45, 2.75) is 12.8 Å². The van der Waals surface area contributed by atoms with Gasteiger partial charge in [-0.05, 0) is 68.4 Å². The highest BCUT2D eigenvalue weighted by Gasteiger charge is 2.18. The van der Waals surface area contributed by atoms with Gasteiger partial charge in [-0.2, -0.15) is 5.10 Å². The van der Waals surface area contributed by atoms with Gasteiger partial charge in [0.05, 0.1) is 16.9 Å². The lowest BCUT2D eigenvalue weighted by Gasteiger charge is -2.18. The zero-order valence-corrected chi connectivity index (χ0v) is 18.8. The van der Waals surface area contributed by atoms with Gasteiger partial charge in [0.25, 0.3) is 5.91 Å². The van der Waals surface area contributed by atoms with E-state index >= 15 is 0 Å². The molecular weight excluding hydrogens is 435 g/mol. The lowest BCUT2D eigenvalue weighted by atomic mass is 10.1. The number of aryl methyl sites for hydroxylation is 1. The van der Waals surface area contributed by atoms with Crippen LogP contribution < -0.4 is 10.1 Å². The maximum Gasteiger partial charge on any atom is 0.255 e. The molecule has 4 rings (SSSR count). The smallest absolute Gasteiger partial charge is 0.255 e. The van der Waals surface area contributed by atoms with Crippen LogP contribution in [-0.4, -0.2) is 46.8 Å². The highest BCUT2D eigenvalue weighted by Crippen LogP contribution is 2.36. The number of nitrogens with one attached hydrogen (secondary N) is 1. The van der Waals surface area contributed by atoms with Crippen molar-refractivity contribution in [2.24, 2.45) is 7.05 Å². The molecule has 0 unspecified atom stereocenters. The normalized spacial score (nSPS) is 14.0. The minimum absolute atomic E-state index is 0.221. The number of likely N-dealkylation sites (tertiary alicyclic amines) is 1. The van der Waals surface area contributed by atoms with Gasteiger partial charge < -0.3 is 10.1 Å². The van der Waals surface area contributed by atoms with E-state index in [0.29, 0.717) is 33.7 Å².